The molecule has 0 saturated heterocycles. The summed E-state index contributed by atoms with van der Waals surface area (Å²) in [5, 5.41) is 15.8. The van der Waals surface area contributed by atoms with Crippen molar-refractivity contribution < 1.29 is 9.53 Å². The number of carbonyl (C=O) groups is 1. The van der Waals surface area contributed by atoms with Gasteiger partial charge in [-0.2, -0.15) is 0 Å². The lowest BCUT2D eigenvalue weighted by atomic mass is 10.3. The van der Waals surface area contributed by atoms with Crippen molar-refractivity contribution >= 4 is 40.6 Å². The highest BCUT2D eigenvalue weighted by molar-refractivity contribution is 7.99. The van der Waals surface area contributed by atoms with Crippen LogP contribution in [0, 0.1) is 0 Å². The fourth-order valence-corrected chi connectivity index (χ4v) is 3.45. The molecule has 152 valence electrons. The van der Waals surface area contributed by atoms with Crippen LogP contribution < -0.4 is 15.4 Å². The quantitative estimate of drug-likeness (QED) is 0.494. The van der Waals surface area contributed by atoms with E-state index in [4.69, 9.17) is 16.3 Å². The van der Waals surface area contributed by atoms with Crippen molar-refractivity contribution in [3.05, 3.63) is 59.4 Å². The summed E-state index contributed by atoms with van der Waals surface area (Å²) < 4.78 is 7.26. The molecule has 0 fully saturated rings. The maximum atomic E-state index is 12.2. The van der Waals surface area contributed by atoms with Gasteiger partial charge in [-0.15, -0.1) is 10.2 Å². The van der Waals surface area contributed by atoms with Crippen molar-refractivity contribution in [2.75, 3.05) is 23.0 Å². The number of hydrogen-bond acceptors (Lipinski definition) is 6. The summed E-state index contributed by atoms with van der Waals surface area (Å²) in [6.45, 7) is 3.04. The van der Waals surface area contributed by atoms with Gasteiger partial charge in [-0.3, -0.25) is 4.79 Å². The Balaban J connectivity index is 1.49. The minimum Gasteiger partial charge on any atom is -0.494 e. The summed E-state index contributed by atoms with van der Waals surface area (Å²) in [6, 6.07) is 14.8. The molecule has 0 saturated carbocycles. The van der Waals surface area contributed by atoms with Gasteiger partial charge in [-0.05, 0) is 49.4 Å². The van der Waals surface area contributed by atoms with Crippen LogP contribution in [0.1, 0.15) is 12.7 Å². The first kappa shape index (κ1) is 21.0. The van der Waals surface area contributed by atoms with Crippen LogP contribution in [0.25, 0.3) is 0 Å². The molecule has 0 bridgehead atoms. The highest BCUT2D eigenvalue weighted by Crippen LogP contribution is 2.19. The van der Waals surface area contributed by atoms with E-state index in [9.17, 15) is 4.79 Å². The van der Waals surface area contributed by atoms with Crippen LogP contribution in [0.2, 0.25) is 5.02 Å². The van der Waals surface area contributed by atoms with Crippen LogP contribution in [0.4, 0.5) is 11.4 Å². The number of amides is 1. The second-order valence-electron chi connectivity index (χ2n) is 6.12. The Kier molecular flexibility index (Phi) is 7.37. The zero-order chi connectivity index (χ0) is 20.6. The first-order chi connectivity index (χ1) is 14.0. The zero-order valence-corrected chi connectivity index (χ0v) is 17.8. The summed E-state index contributed by atoms with van der Waals surface area (Å²) >= 11 is 7.33. The molecule has 29 heavy (non-hydrogen) atoms. The minimum absolute atomic E-state index is 0.110. The second-order valence-corrected chi connectivity index (χ2v) is 7.49. The Bertz CT molecular complexity index is 962. The smallest absolute Gasteiger partial charge is 0.234 e. The first-order valence-corrected chi connectivity index (χ1v) is 10.4. The average molecular weight is 432 g/mol. The molecule has 1 amide bonds. The predicted molar refractivity (Wildman–Crippen MR) is 117 cm³/mol. The molecule has 0 unspecified atom stereocenters. The molecule has 0 aliphatic rings. The van der Waals surface area contributed by atoms with E-state index in [1.54, 1.807) is 0 Å². The number of aromatic nitrogens is 3. The van der Waals surface area contributed by atoms with E-state index in [0.29, 0.717) is 23.3 Å². The van der Waals surface area contributed by atoms with Crippen molar-refractivity contribution in [2.45, 2.75) is 18.6 Å². The van der Waals surface area contributed by atoms with Gasteiger partial charge in [-0.25, -0.2) is 0 Å². The van der Waals surface area contributed by atoms with E-state index >= 15 is 0 Å². The molecular weight excluding hydrogens is 410 g/mol. The molecule has 1 heterocycles. The standard InChI is InChI=1S/C20H22ClN5O2S/c1-3-28-17-9-7-15(8-10-17)23-19(27)13-29-20-25-24-18(26(20)2)12-22-16-6-4-5-14(21)11-16/h4-11,22H,3,12-13H2,1-2H3,(H,23,27). The van der Waals surface area contributed by atoms with Gasteiger partial charge in [0.05, 0.1) is 18.9 Å². The monoisotopic (exact) mass is 431 g/mol. The summed E-state index contributed by atoms with van der Waals surface area (Å²) in [6.07, 6.45) is 0. The number of carbonyl (C=O) groups excluding carboxylic acids is 1. The van der Waals surface area contributed by atoms with Crippen molar-refractivity contribution in [3.8, 4) is 5.75 Å². The normalized spacial score (nSPS) is 10.6. The Morgan fingerprint density at radius 1 is 1.17 bits per heavy atom. The Morgan fingerprint density at radius 3 is 2.69 bits per heavy atom. The zero-order valence-electron chi connectivity index (χ0n) is 16.2. The molecule has 0 aliphatic carbocycles. The lowest BCUT2D eigenvalue weighted by molar-refractivity contribution is -0.113. The number of ether oxygens (including phenoxy) is 1. The largest absolute Gasteiger partial charge is 0.494 e. The predicted octanol–water partition coefficient (Wildman–Crippen LogP) is 4.21. The number of anilines is 2. The minimum atomic E-state index is -0.110. The van der Waals surface area contributed by atoms with Crippen LogP contribution in [-0.4, -0.2) is 33.0 Å². The van der Waals surface area contributed by atoms with Crippen LogP contribution in [0.5, 0.6) is 5.75 Å². The Hall–Kier alpha value is -2.71. The highest BCUT2D eigenvalue weighted by Gasteiger charge is 2.12. The van der Waals surface area contributed by atoms with Crippen molar-refractivity contribution in [3.63, 3.8) is 0 Å². The van der Waals surface area contributed by atoms with Crippen LogP contribution >= 0.6 is 23.4 Å². The summed E-state index contributed by atoms with van der Waals surface area (Å²) in [7, 11) is 1.88. The van der Waals surface area contributed by atoms with E-state index in [1.807, 2.05) is 67.1 Å². The van der Waals surface area contributed by atoms with E-state index < -0.39 is 0 Å². The topological polar surface area (TPSA) is 81.1 Å². The van der Waals surface area contributed by atoms with Crippen molar-refractivity contribution in [1.29, 1.82) is 0 Å². The number of nitrogens with zero attached hydrogens (tertiary/aromatic N) is 3. The third-order valence-electron chi connectivity index (χ3n) is 3.98. The maximum absolute atomic E-state index is 12.2. The van der Waals surface area contributed by atoms with Gasteiger partial charge in [0.15, 0.2) is 11.0 Å². The Morgan fingerprint density at radius 2 is 1.97 bits per heavy atom. The molecule has 3 aromatic rings. The summed E-state index contributed by atoms with van der Waals surface area (Å²) in [4.78, 5) is 12.2. The number of halogens is 1. The number of benzene rings is 2. The average Bonchev–Trinajstić information content (AvgIpc) is 3.06. The summed E-state index contributed by atoms with van der Waals surface area (Å²) in [5.74, 6) is 1.67. The fourth-order valence-electron chi connectivity index (χ4n) is 2.53. The molecule has 1 aromatic heterocycles. The molecule has 0 spiro atoms. The van der Waals surface area contributed by atoms with E-state index in [-0.39, 0.29) is 11.7 Å². The van der Waals surface area contributed by atoms with Crippen molar-refractivity contribution in [2.24, 2.45) is 7.05 Å². The molecule has 2 N–H and O–H groups in total. The fraction of sp³-hybridized carbons (Fsp3) is 0.250. The third kappa shape index (κ3) is 6.13. The van der Waals surface area contributed by atoms with Gasteiger partial charge >= 0.3 is 0 Å². The SMILES string of the molecule is CCOc1ccc(NC(=O)CSc2nnc(CNc3cccc(Cl)c3)n2C)cc1. The van der Waals surface area contributed by atoms with E-state index in [0.717, 1.165) is 22.9 Å². The van der Waals surface area contributed by atoms with Gasteiger partial charge in [-0.1, -0.05) is 29.4 Å². The van der Waals surface area contributed by atoms with E-state index in [1.165, 1.54) is 11.8 Å². The van der Waals surface area contributed by atoms with Crippen LogP contribution in [0.3, 0.4) is 0 Å². The molecular formula is C20H22ClN5O2S. The lowest BCUT2D eigenvalue weighted by Crippen LogP contribution is -2.14. The Labute approximate surface area is 178 Å². The number of nitrogens with one attached hydrogen (secondary N) is 2. The number of rotatable bonds is 9. The maximum Gasteiger partial charge on any atom is 0.234 e. The molecule has 9 heteroatoms. The first-order valence-electron chi connectivity index (χ1n) is 9.08. The number of hydrogen-bond donors (Lipinski definition) is 2. The van der Waals surface area contributed by atoms with Crippen molar-refractivity contribution in [1.82, 2.24) is 14.8 Å². The molecule has 3 rings (SSSR count). The van der Waals surface area contributed by atoms with Gasteiger partial charge in [0.1, 0.15) is 5.75 Å². The summed E-state index contributed by atoms with van der Waals surface area (Å²) in [5.41, 5.74) is 1.63. The van der Waals surface area contributed by atoms with E-state index in [2.05, 4.69) is 20.8 Å². The van der Waals surface area contributed by atoms with Crippen LogP contribution in [0.15, 0.2) is 53.7 Å². The molecule has 2 aromatic carbocycles. The third-order valence-corrected chi connectivity index (χ3v) is 5.24. The molecule has 0 aliphatic heterocycles. The molecule has 7 nitrogen and oxygen atoms in total. The second kappa shape index (κ2) is 10.2. The molecule has 0 radical (unpaired) electrons. The van der Waals surface area contributed by atoms with Crippen LogP contribution in [-0.2, 0) is 18.4 Å². The lowest BCUT2D eigenvalue weighted by Gasteiger charge is -2.08. The van der Waals surface area contributed by atoms with Gasteiger partial charge < -0.3 is 19.9 Å². The molecule has 0 atom stereocenters. The van der Waals surface area contributed by atoms with Gasteiger partial charge in [0, 0.05) is 23.4 Å². The number of thioether (sulfide) groups is 1. The highest BCUT2D eigenvalue weighted by atomic mass is 35.5. The van der Waals surface area contributed by atoms with Gasteiger partial charge in [0.25, 0.3) is 0 Å². The van der Waals surface area contributed by atoms with Gasteiger partial charge in [0.2, 0.25) is 5.91 Å².